The van der Waals surface area contributed by atoms with Gasteiger partial charge >= 0.3 is 6.09 Å². The van der Waals surface area contributed by atoms with Crippen LogP contribution in [0, 0.1) is 5.41 Å². The third kappa shape index (κ3) is 5.34. The number of hydrogen-bond donors (Lipinski definition) is 0. The molecule has 0 bridgehead atoms. The van der Waals surface area contributed by atoms with Gasteiger partial charge in [0, 0.05) is 23.9 Å². The number of carbonyl (C=O) groups is 1. The average Bonchev–Trinajstić information content (AvgIpc) is 2.44. The fourth-order valence-electron chi connectivity index (χ4n) is 3.81. The largest absolute Gasteiger partial charge is 0.442 e. The molecule has 0 aromatic heterocycles. The van der Waals surface area contributed by atoms with E-state index in [1.807, 2.05) is 36.1 Å². The van der Waals surface area contributed by atoms with E-state index in [4.69, 9.17) is 4.74 Å². The monoisotopic (exact) mass is 407 g/mol. The molecule has 1 aromatic carbocycles. The van der Waals surface area contributed by atoms with E-state index in [0.717, 1.165) is 34.9 Å². The predicted molar refractivity (Wildman–Crippen MR) is 107 cm³/mol. The van der Waals surface area contributed by atoms with E-state index in [0.29, 0.717) is 6.54 Å². The molecule has 25 heavy (non-hydrogen) atoms. The highest BCUT2D eigenvalue weighted by molar-refractivity contribution is 9.10. The van der Waals surface area contributed by atoms with Crippen LogP contribution >= 0.6 is 15.9 Å². The van der Waals surface area contributed by atoms with Crippen LogP contribution in [0.1, 0.15) is 65.5 Å². The molecular weight excluding hydrogens is 378 g/mol. The molecule has 3 nitrogen and oxygen atoms in total. The Kier molecular flexibility index (Phi) is 6.03. The number of nitrogens with zero attached hydrogens (tertiary/aromatic N) is 1. The Morgan fingerprint density at radius 2 is 1.96 bits per heavy atom. The maximum atomic E-state index is 12.8. The fraction of sp³-hybridized carbons (Fsp3) is 0.571. The van der Waals surface area contributed by atoms with Crippen molar-refractivity contribution in [3.8, 4) is 0 Å². The molecule has 1 aliphatic rings. The van der Waals surface area contributed by atoms with E-state index >= 15 is 0 Å². The number of halogens is 1. The molecule has 0 saturated carbocycles. The summed E-state index contributed by atoms with van der Waals surface area (Å²) in [5, 5.41) is 0. The summed E-state index contributed by atoms with van der Waals surface area (Å²) in [7, 11) is 0. The van der Waals surface area contributed by atoms with Crippen LogP contribution in [0.4, 0.5) is 4.79 Å². The SMILES string of the molecule is C=C(C)CC1(CC(C)(C)C)CCN([C@@H](C)c2ccc(Br)cc2)C(=O)O1. The number of benzene rings is 1. The van der Waals surface area contributed by atoms with Crippen LogP contribution in [0.5, 0.6) is 0 Å². The van der Waals surface area contributed by atoms with Crippen LogP contribution in [0.15, 0.2) is 40.9 Å². The van der Waals surface area contributed by atoms with Crippen LogP contribution in [0.2, 0.25) is 0 Å². The summed E-state index contributed by atoms with van der Waals surface area (Å²) in [6.45, 7) is 15.4. The molecule has 0 aliphatic carbocycles. The van der Waals surface area contributed by atoms with Gasteiger partial charge in [-0.15, -0.1) is 0 Å². The van der Waals surface area contributed by atoms with E-state index < -0.39 is 5.60 Å². The first-order valence-corrected chi connectivity index (χ1v) is 9.70. The number of cyclic esters (lactones) is 1. The zero-order valence-electron chi connectivity index (χ0n) is 16.1. The van der Waals surface area contributed by atoms with Crippen molar-refractivity contribution in [2.45, 2.75) is 65.5 Å². The zero-order chi connectivity index (χ0) is 18.8. The van der Waals surface area contributed by atoms with Gasteiger partial charge < -0.3 is 9.64 Å². The maximum absolute atomic E-state index is 12.8. The molecule has 0 N–H and O–H groups in total. The molecule has 1 unspecified atom stereocenters. The molecular formula is C21H30BrNO2. The van der Waals surface area contributed by atoms with E-state index in [-0.39, 0.29) is 17.6 Å². The van der Waals surface area contributed by atoms with Gasteiger partial charge in [-0.2, -0.15) is 0 Å². The lowest BCUT2D eigenvalue weighted by Crippen LogP contribution is -2.51. The van der Waals surface area contributed by atoms with Crippen LogP contribution in [-0.4, -0.2) is 23.1 Å². The third-order valence-electron chi connectivity index (χ3n) is 4.64. The molecule has 1 fully saturated rings. The number of rotatable bonds is 5. The van der Waals surface area contributed by atoms with Gasteiger partial charge in [0.05, 0.1) is 6.04 Å². The minimum Gasteiger partial charge on any atom is -0.442 e. The number of carbonyl (C=O) groups excluding carboxylic acids is 1. The van der Waals surface area contributed by atoms with Crippen molar-refractivity contribution in [3.05, 3.63) is 46.5 Å². The van der Waals surface area contributed by atoms with Gasteiger partial charge in [0.25, 0.3) is 0 Å². The molecule has 1 heterocycles. The topological polar surface area (TPSA) is 29.5 Å². The summed E-state index contributed by atoms with van der Waals surface area (Å²) in [5.74, 6) is 0. The van der Waals surface area contributed by atoms with E-state index in [9.17, 15) is 4.79 Å². The van der Waals surface area contributed by atoms with Crippen molar-refractivity contribution in [2.24, 2.45) is 5.41 Å². The summed E-state index contributed by atoms with van der Waals surface area (Å²) in [5.41, 5.74) is 1.83. The Morgan fingerprint density at radius 3 is 2.44 bits per heavy atom. The molecule has 138 valence electrons. The second-order valence-corrected chi connectivity index (χ2v) is 9.51. The summed E-state index contributed by atoms with van der Waals surface area (Å²) in [4.78, 5) is 14.7. The Balaban J connectivity index is 2.17. The smallest absolute Gasteiger partial charge is 0.410 e. The lowest BCUT2D eigenvalue weighted by molar-refractivity contribution is -0.0750. The van der Waals surface area contributed by atoms with Crippen LogP contribution in [0.25, 0.3) is 0 Å². The van der Waals surface area contributed by atoms with Gasteiger partial charge in [0.15, 0.2) is 0 Å². The number of hydrogen-bond acceptors (Lipinski definition) is 2. The highest BCUT2D eigenvalue weighted by atomic mass is 79.9. The maximum Gasteiger partial charge on any atom is 0.410 e. The van der Waals surface area contributed by atoms with Gasteiger partial charge in [-0.3, -0.25) is 0 Å². The number of amides is 1. The van der Waals surface area contributed by atoms with Crippen LogP contribution < -0.4 is 0 Å². The summed E-state index contributed by atoms with van der Waals surface area (Å²) in [6.07, 6.45) is 2.20. The van der Waals surface area contributed by atoms with E-state index in [2.05, 4.69) is 50.2 Å². The molecule has 1 saturated heterocycles. The van der Waals surface area contributed by atoms with E-state index in [1.165, 1.54) is 0 Å². The van der Waals surface area contributed by atoms with Crippen molar-refractivity contribution in [1.29, 1.82) is 0 Å². The molecule has 0 radical (unpaired) electrons. The molecule has 1 aromatic rings. The Hall–Kier alpha value is -1.29. The van der Waals surface area contributed by atoms with Crippen molar-refractivity contribution >= 4 is 22.0 Å². The van der Waals surface area contributed by atoms with Crippen molar-refractivity contribution in [3.63, 3.8) is 0 Å². The van der Waals surface area contributed by atoms with Gasteiger partial charge in [-0.1, -0.05) is 61.0 Å². The predicted octanol–water partition coefficient (Wildman–Crippen LogP) is 6.49. The molecule has 4 heteroatoms. The highest BCUT2D eigenvalue weighted by Crippen LogP contribution is 2.41. The van der Waals surface area contributed by atoms with Gasteiger partial charge in [-0.25, -0.2) is 4.79 Å². The summed E-state index contributed by atoms with van der Waals surface area (Å²) >= 11 is 3.45. The highest BCUT2D eigenvalue weighted by Gasteiger charge is 2.44. The average molecular weight is 408 g/mol. The first-order valence-electron chi connectivity index (χ1n) is 8.91. The Bertz CT molecular complexity index is 632. The minimum absolute atomic E-state index is 0.00179. The molecule has 1 aliphatic heterocycles. The van der Waals surface area contributed by atoms with Crippen molar-refractivity contribution in [2.75, 3.05) is 6.54 Å². The summed E-state index contributed by atoms with van der Waals surface area (Å²) in [6, 6.07) is 8.11. The Labute approximate surface area is 160 Å². The minimum atomic E-state index is -0.433. The summed E-state index contributed by atoms with van der Waals surface area (Å²) < 4.78 is 7.09. The van der Waals surface area contributed by atoms with Crippen LogP contribution in [0.3, 0.4) is 0 Å². The standard InChI is InChI=1S/C21H30BrNO2/c1-15(2)13-21(14-20(4,5)6)11-12-23(19(24)25-21)16(3)17-7-9-18(22)10-8-17/h7-10,16H,1,11-14H2,2-6H3/t16-,21?/m0/s1. The first-order chi connectivity index (χ1) is 11.5. The third-order valence-corrected chi connectivity index (χ3v) is 5.17. The molecule has 0 spiro atoms. The zero-order valence-corrected chi connectivity index (χ0v) is 17.6. The fourth-order valence-corrected chi connectivity index (χ4v) is 4.08. The lowest BCUT2D eigenvalue weighted by atomic mass is 9.76. The van der Waals surface area contributed by atoms with E-state index in [1.54, 1.807) is 0 Å². The van der Waals surface area contributed by atoms with Gasteiger partial charge in [0.1, 0.15) is 5.60 Å². The van der Waals surface area contributed by atoms with Crippen LogP contribution in [-0.2, 0) is 4.74 Å². The Morgan fingerprint density at radius 1 is 1.36 bits per heavy atom. The normalized spacial score (nSPS) is 22.5. The molecule has 2 rings (SSSR count). The lowest BCUT2D eigenvalue weighted by Gasteiger charge is -2.46. The first kappa shape index (κ1) is 20.0. The van der Waals surface area contributed by atoms with Crippen molar-refractivity contribution < 1.29 is 9.53 Å². The van der Waals surface area contributed by atoms with Gasteiger partial charge in [-0.05, 0) is 43.4 Å². The quantitative estimate of drug-likeness (QED) is 0.521. The van der Waals surface area contributed by atoms with Gasteiger partial charge in [0.2, 0.25) is 0 Å². The molecule has 1 amide bonds. The molecule has 2 atom stereocenters. The second-order valence-electron chi connectivity index (χ2n) is 8.59. The van der Waals surface area contributed by atoms with Crippen molar-refractivity contribution in [1.82, 2.24) is 4.90 Å². The number of ether oxygens (including phenoxy) is 1. The second kappa shape index (κ2) is 7.53.